The molecule has 1 rings (SSSR count). The molecule has 0 unspecified atom stereocenters. The Morgan fingerprint density at radius 1 is 1.04 bits per heavy atom. The van der Waals surface area contributed by atoms with E-state index in [1.54, 1.807) is 0 Å². The summed E-state index contributed by atoms with van der Waals surface area (Å²) in [4.78, 5) is 11.5. The van der Waals surface area contributed by atoms with Crippen LogP contribution in [-0.4, -0.2) is 33.8 Å². The zero-order valence-electron chi connectivity index (χ0n) is 12.9. The van der Waals surface area contributed by atoms with Gasteiger partial charge in [0.05, 0.1) is 29.7 Å². The fraction of sp³-hybridized carbons (Fsp3) is 0.462. The number of alkyl halides is 6. The Kier molecular flexibility index (Phi) is 5.98. The van der Waals surface area contributed by atoms with Crippen molar-refractivity contribution in [1.29, 1.82) is 0 Å². The number of benzene rings is 1. The van der Waals surface area contributed by atoms with E-state index in [1.807, 2.05) is 0 Å². The molecule has 0 heterocycles. The molecule has 0 aliphatic rings. The molecule has 25 heavy (non-hydrogen) atoms. The minimum absolute atomic E-state index is 0.121. The van der Waals surface area contributed by atoms with Gasteiger partial charge in [0.2, 0.25) is 10.0 Å². The van der Waals surface area contributed by atoms with Crippen molar-refractivity contribution in [3.05, 3.63) is 29.3 Å². The monoisotopic (exact) mass is 393 g/mol. The first-order valence-electron chi connectivity index (χ1n) is 6.59. The first kappa shape index (κ1) is 21.1. The molecule has 0 saturated carbocycles. The maximum Gasteiger partial charge on any atom is 0.416 e. The smallest absolute Gasteiger partial charge is 0.416 e. The van der Waals surface area contributed by atoms with Gasteiger partial charge in [-0.25, -0.2) is 8.42 Å². The van der Waals surface area contributed by atoms with Crippen molar-refractivity contribution in [1.82, 2.24) is 0 Å². The van der Waals surface area contributed by atoms with Crippen LogP contribution in [-0.2, 0) is 31.9 Å². The summed E-state index contributed by atoms with van der Waals surface area (Å²) in [6.07, 6.45) is -9.76. The van der Waals surface area contributed by atoms with Gasteiger partial charge in [0, 0.05) is 0 Å². The normalized spacial score (nSPS) is 12.8. The predicted octanol–water partition coefficient (Wildman–Crippen LogP) is 3.05. The Balaban J connectivity index is 3.55. The van der Waals surface area contributed by atoms with Gasteiger partial charge in [-0.05, 0) is 25.1 Å². The highest BCUT2D eigenvalue weighted by Gasteiger charge is 2.38. The van der Waals surface area contributed by atoms with Gasteiger partial charge in [0.25, 0.3) is 0 Å². The van der Waals surface area contributed by atoms with Crippen LogP contribution in [0.3, 0.4) is 0 Å². The molecule has 0 fully saturated rings. The number of carbonyl (C=O) groups excluding carboxylic acids is 1. The van der Waals surface area contributed by atoms with E-state index in [9.17, 15) is 39.6 Å². The van der Waals surface area contributed by atoms with Crippen LogP contribution in [0.4, 0.5) is 32.0 Å². The van der Waals surface area contributed by atoms with E-state index >= 15 is 0 Å². The Morgan fingerprint density at radius 2 is 1.48 bits per heavy atom. The second-order valence-corrected chi connectivity index (χ2v) is 6.75. The summed E-state index contributed by atoms with van der Waals surface area (Å²) in [7, 11) is -4.36. The van der Waals surface area contributed by atoms with E-state index < -0.39 is 51.7 Å². The number of esters is 1. The number of carbonyl (C=O) groups is 1. The van der Waals surface area contributed by atoms with Crippen LogP contribution >= 0.6 is 0 Å². The van der Waals surface area contributed by atoms with E-state index in [-0.39, 0.29) is 29.1 Å². The number of anilines is 1. The topological polar surface area (TPSA) is 63.7 Å². The van der Waals surface area contributed by atoms with E-state index in [0.717, 1.165) is 0 Å². The lowest BCUT2D eigenvalue weighted by molar-refractivity contribution is -0.143. The summed E-state index contributed by atoms with van der Waals surface area (Å²) in [5, 5.41) is 0. The number of halogens is 6. The van der Waals surface area contributed by atoms with Crippen molar-refractivity contribution in [3.8, 4) is 0 Å². The number of rotatable bonds is 5. The number of hydrogen-bond donors (Lipinski definition) is 0. The highest BCUT2D eigenvalue weighted by atomic mass is 32.2. The largest absolute Gasteiger partial charge is 0.465 e. The highest BCUT2D eigenvalue weighted by Crippen LogP contribution is 2.38. The maximum atomic E-state index is 12.9. The third-order valence-corrected chi connectivity index (χ3v) is 3.98. The van der Waals surface area contributed by atoms with E-state index in [4.69, 9.17) is 0 Å². The minimum atomic E-state index is -5.15. The number of sulfonamides is 1. The van der Waals surface area contributed by atoms with Crippen LogP contribution < -0.4 is 4.31 Å². The van der Waals surface area contributed by atoms with Crippen LogP contribution in [0.15, 0.2) is 18.2 Å². The molecule has 0 saturated heterocycles. The summed E-state index contributed by atoms with van der Waals surface area (Å²) < 4.78 is 105. The molecule has 0 aliphatic carbocycles. The Morgan fingerprint density at radius 3 is 1.80 bits per heavy atom. The van der Waals surface area contributed by atoms with Gasteiger partial charge < -0.3 is 4.74 Å². The molecular formula is C13H13F6NO4S. The second-order valence-electron chi connectivity index (χ2n) is 4.84. The lowest BCUT2D eigenvalue weighted by atomic mass is 10.1. The Hall–Kier alpha value is -1.98. The molecule has 0 atom stereocenters. The third-order valence-electron chi connectivity index (χ3n) is 2.84. The molecule has 0 spiro atoms. The van der Waals surface area contributed by atoms with Gasteiger partial charge in [0.15, 0.2) is 0 Å². The predicted molar refractivity (Wildman–Crippen MR) is 75.3 cm³/mol. The molecule has 0 aliphatic heterocycles. The third kappa shape index (κ3) is 5.80. The quantitative estimate of drug-likeness (QED) is 0.570. The van der Waals surface area contributed by atoms with Crippen molar-refractivity contribution in [2.45, 2.75) is 19.3 Å². The Labute approximate surface area is 139 Å². The second kappa shape index (κ2) is 7.10. The highest BCUT2D eigenvalue weighted by molar-refractivity contribution is 7.92. The standard InChI is InChI=1S/C13H13F6NO4S/c1-3-24-11(21)7-20(25(2,22)23)10-5-8(12(14,15)16)4-9(6-10)13(17,18)19/h4-6H,3,7H2,1-2H3. The average molecular weight is 393 g/mol. The van der Waals surface area contributed by atoms with Gasteiger partial charge in [0.1, 0.15) is 6.54 Å². The van der Waals surface area contributed by atoms with Crippen molar-refractivity contribution in [3.63, 3.8) is 0 Å². The Bertz CT molecular complexity index is 710. The molecule has 5 nitrogen and oxygen atoms in total. The molecule has 0 bridgehead atoms. The van der Waals surface area contributed by atoms with Crippen LogP contribution in [0.5, 0.6) is 0 Å². The molecule has 1 aromatic carbocycles. The van der Waals surface area contributed by atoms with Crippen LogP contribution in [0.25, 0.3) is 0 Å². The van der Waals surface area contributed by atoms with Crippen LogP contribution in [0, 0.1) is 0 Å². The number of ether oxygens (including phenoxy) is 1. The summed E-state index contributed by atoms with van der Waals surface area (Å²) >= 11 is 0. The number of hydrogen-bond acceptors (Lipinski definition) is 4. The molecule has 0 aromatic heterocycles. The summed E-state index contributed by atoms with van der Waals surface area (Å²) in [5.74, 6) is -1.13. The molecule has 0 N–H and O–H groups in total. The number of nitrogens with zero attached hydrogens (tertiary/aromatic N) is 1. The fourth-order valence-corrected chi connectivity index (χ4v) is 2.63. The van der Waals surface area contributed by atoms with Crippen molar-refractivity contribution < 1.29 is 44.3 Å². The molecule has 1 aromatic rings. The van der Waals surface area contributed by atoms with E-state index in [2.05, 4.69) is 4.74 Å². The van der Waals surface area contributed by atoms with Gasteiger partial charge in [-0.2, -0.15) is 26.3 Å². The molecule has 12 heteroatoms. The van der Waals surface area contributed by atoms with Crippen LogP contribution in [0.1, 0.15) is 18.1 Å². The van der Waals surface area contributed by atoms with Gasteiger partial charge in [-0.3, -0.25) is 9.10 Å². The lowest BCUT2D eigenvalue weighted by Crippen LogP contribution is -2.36. The van der Waals surface area contributed by atoms with Gasteiger partial charge in [-0.15, -0.1) is 0 Å². The summed E-state index contributed by atoms with van der Waals surface area (Å²) in [5.41, 5.74) is -4.35. The SMILES string of the molecule is CCOC(=O)CN(c1cc(C(F)(F)F)cc(C(F)(F)F)c1)S(C)(=O)=O. The van der Waals surface area contributed by atoms with Gasteiger partial charge >= 0.3 is 18.3 Å². The van der Waals surface area contributed by atoms with Gasteiger partial charge in [-0.1, -0.05) is 0 Å². The first-order chi connectivity index (χ1) is 11.2. The zero-order valence-corrected chi connectivity index (χ0v) is 13.7. The van der Waals surface area contributed by atoms with E-state index in [0.29, 0.717) is 6.26 Å². The summed E-state index contributed by atoms with van der Waals surface area (Å²) in [6, 6.07) is 0.291. The minimum Gasteiger partial charge on any atom is -0.465 e. The van der Waals surface area contributed by atoms with Crippen LogP contribution in [0.2, 0.25) is 0 Å². The molecular weight excluding hydrogens is 380 g/mol. The van der Waals surface area contributed by atoms with Crippen molar-refractivity contribution >= 4 is 21.7 Å². The van der Waals surface area contributed by atoms with E-state index in [1.165, 1.54) is 6.92 Å². The average Bonchev–Trinajstić information content (AvgIpc) is 2.41. The molecule has 0 radical (unpaired) electrons. The maximum absolute atomic E-state index is 12.9. The molecule has 0 amide bonds. The lowest BCUT2D eigenvalue weighted by Gasteiger charge is -2.23. The fourth-order valence-electron chi connectivity index (χ4n) is 1.81. The van der Waals surface area contributed by atoms with Crippen molar-refractivity contribution in [2.75, 3.05) is 23.7 Å². The van der Waals surface area contributed by atoms with Crippen molar-refractivity contribution in [2.24, 2.45) is 0 Å². The summed E-state index contributed by atoms with van der Waals surface area (Å²) in [6.45, 7) is 0.187. The zero-order chi connectivity index (χ0) is 19.6. The molecule has 142 valence electrons. The first-order valence-corrected chi connectivity index (χ1v) is 8.44.